The first kappa shape index (κ1) is 23.8. The molecule has 3 aliphatic carbocycles. The molecular weight excluding hydrogens is 452 g/mol. The number of hydrogen-bond donors (Lipinski definition) is 1. The SMILES string of the molecule is C#CC(=O)N(c1ccc(OC2CC3(C2)CC(F)(F)C3)c(Cl)c1)C(C)(C(=O)O)C1CCCCC1. The summed E-state index contributed by atoms with van der Waals surface area (Å²) < 4.78 is 32.4. The summed E-state index contributed by atoms with van der Waals surface area (Å²) in [7, 11) is 0. The van der Waals surface area contributed by atoms with Gasteiger partial charge in [-0.25, -0.2) is 13.6 Å². The molecule has 1 amide bonds. The number of benzene rings is 1. The summed E-state index contributed by atoms with van der Waals surface area (Å²) in [6.07, 6.45) is 10.4. The van der Waals surface area contributed by atoms with Crippen LogP contribution in [-0.2, 0) is 9.59 Å². The molecule has 3 aliphatic rings. The first-order valence-electron chi connectivity index (χ1n) is 11.4. The van der Waals surface area contributed by atoms with Crippen molar-refractivity contribution in [1.82, 2.24) is 0 Å². The van der Waals surface area contributed by atoms with Crippen molar-refractivity contribution in [3.63, 3.8) is 0 Å². The van der Waals surface area contributed by atoms with Crippen LogP contribution in [0.2, 0.25) is 5.02 Å². The summed E-state index contributed by atoms with van der Waals surface area (Å²) in [5.41, 5.74) is -1.56. The Kier molecular flexibility index (Phi) is 6.11. The van der Waals surface area contributed by atoms with Crippen LogP contribution in [0, 0.1) is 23.7 Å². The van der Waals surface area contributed by atoms with E-state index in [-0.39, 0.29) is 41.0 Å². The number of carbonyl (C=O) groups excluding carboxylic acids is 1. The van der Waals surface area contributed by atoms with Gasteiger partial charge in [-0.2, -0.15) is 0 Å². The second kappa shape index (κ2) is 8.47. The monoisotopic (exact) mass is 479 g/mol. The third-order valence-electron chi connectivity index (χ3n) is 7.68. The van der Waals surface area contributed by atoms with Gasteiger partial charge in [0.25, 0.3) is 0 Å². The normalized spacial score (nSPS) is 23.5. The van der Waals surface area contributed by atoms with Gasteiger partial charge in [0.2, 0.25) is 5.92 Å². The van der Waals surface area contributed by atoms with Gasteiger partial charge >= 0.3 is 11.9 Å². The third kappa shape index (κ3) is 4.30. The number of carbonyl (C=O) groups is 2. The number of hydrogen-bond acceptors (Lipinski definition) is 3. The lowest BCUT2D eigenvalue weighted by Crippen LogP contribution is -2.60. The van der Waals surface area contributed by atoms with Crippen LogP contribution in [0.1, 0.15) is 64.7 Å². The van der Waals surface area contributed by atoms with Crippen molar-refractivity contribution >= 4 is 29.2 Å². The molecule has 0 heterocycles. The number of carboxylic acid groups (broad SMARTS) is 1. The highest BCUT2D eigenvalue weighted by Gasteiger charge is 2.62. The number of amides is 1. The number of terminal acetylenes is 1. The number of alkyl halides is 2. The molecular formula is C25H28ClF2NO4. The predicted octanol–water partition coefficient (Wildman–Crippen LogP) is 5.69. The van der Waals surface area contributed by atoms with Crippen molar-refractivity contribution in [2.45, 2.75) is 82.3 Å². The zero-order chi connectivity index (χ0) is 24.0. The van der Waals surface area contributed by atoms with E-state index in [0.29, 0.717) is 31.4 Å². The molecule has 0 aliphatic heterocycles. The molecule has 3 fully saturated rings. The maximum atomic E-state index is 13.2. The molecule has 0 bridgehead atoms. The molecule has 0 aromatic heterocycles. The molecule has 1 atom stereocenters. The topological polar surface area (TPSA) is 66.8 Å². The molecule has 1 spiro atoms. The van der Waals surface area contributed by atoms with Gasteiger partial charge in [0, 0.05) is 18.5 Å². The lowest BCUT2D eigenvalue weighted by atomic mass is 9.53. The largest absolute Gasteiger partial charge is 0.489 e. The summed E-state index contributed by atoms with van der Waals surface area (Å²) in [4.78, 5) is 26.4. The van der Waals surface area contributed by atoms with E-state index in [0.717, 1.165) is 24.2 Å². The quantitative estimate of drug-likeness (QED) is 0.532. The number of nitrogens with zero attached hydrogens (tertiary/aromatic N) is 1. The maximum absolute atomic E-state index is 13.2. The van der Waals surface area contributed by atoms with Crippen LogP contribution < -0.4 is 9.64 Å². The number of ether oxygens (including phenoxy) is 1. The van der Waals surface area contributed by atoms with Crippen molar-refractivity contribution in [2.24, 2.45) is 11.3 Å². The predicted molar refractivity (Wildman–Crippen MR) is 121 cm³/mol. The molecule has 33 heavy (non-hydrogen) atoms. The van der Waals surface area contributed by atoms with E-state index in [9.17, 15) is 23.5 Å². The van der Waals surface area contributed by atoms with E-state index in [1.54, 1.807) is 19.1 Å². The van der Waals surface area contributed by atoms with Crippen LogP contribution in [-0.4, -0.2) is 34.5 Å². The fourth-order valence-electron chi connectivity index (χ4n) is 6.01. The van der Waals surface area contributed by atoms with Crippen LogP contribution >= 0.6 is 11.6 Å². The van der Waals surface area contributed by atoms with Gasteiger partial charge in [-0.3, -0.25) is 9.69 Å². The van der Waals surface area contributed by atoms with Crippen molar-refractivity contribution in [1.29, 1.82) is 0 Å². The van der Waals surface area contributed by atoms with Crippen molar-refractivity contribution in [3.05, 3.63) is 23.2 Å². The zero-order valence-corrected chi connectivity index (χ0v) is 19.3. The lowest BCUT2D eigenvalue weighted by molar-refractivity contribution is -0.214. The van der Waals surface area contributed by atoms with E-state index in [4.69, 9.17) is 22.8 Å². The van der Waals surface area contributed by atoms with E-state index >= 15 is 0 Å². The molecule has 178 valence electrons. The van der Waals surface area contributed by atoms with Gasteiger partial charge in [-0.1, -0.05) is 30.9 Å². The third-order valence-corrected chi connectivity index (χ3v) is 7.98. The van der Waals surface area contributed by atoms with Gasteiger partial charge in [-0.15, -0.1) is 6.42 Å². The zero-order valence-electron chi connectivity index (χ0n) is 18.6. The molecule has 1 N–H and O–H groups in total. The second-order valence-electron chi connectivity index (χ2n) is 10.0. The molecule has 4 rings (SSSR count). The Morgan fingerprint density at radius 3 is 2.39 bits per heavy atom. The molecule has 3 saturated carbocycles. The maximum Gasteiger partial charge on any atom is 0.330 e. The summed E-state index contributed by atoms with van der Waals surface area (Å²) >= 11 is 6.44. The highest BCUT2D eigenvalue weighted by molar-refractivity contribution is 6.32. The smallest absolute Gasteiger partial charge is 0.330 e. The summed E-state index contributed by atoms with van der Waals surface area (Å²) in [6.45, 7) is 1.54. The minimum absolute atomic E-state index is 0.0926. The van der Waals surface area contributed by atoms with E-state index < -0.39 is 23.3 Å². The van der Waals surface area contributed by atoms with Crippen LogP contribution in [0.5, 0.6) is 5.75 Å². The highest BCUT2D eigenvalue weighted by atomic mass is 35.5. The number of aliphatic carboxylic acids is 1. The fraction of sp³-hybridized carbons (Fsp3) is 0.600. The summed E-state index contributed by atoms with van der Waals surface area (Å²) in [5, 5.41) is 10.4. The molecule has 0 saturated heterocycles. The first-order chi connectivity index (χ1) is 15.5. The Labute approximate surface area is 197 Å². The summed E-state index contributed by atoms with van der Waals surface area (Å²) in [6, 6.07) is 4.65. The van der Waals surface area contributed by atoms with Crippen LogP contribution in [0.15, 0.2) is 18.2 Å². The Morgan fingerprint density at radius 2 is 1.88 bits per heavy atom. The Balaban J connectivity index is 1.55. The molecule has 8 heteroatoms. The van der Waals surface area contributed by atoms with Gasteiger partial charge < -0.3 is 9.84 Å². The van der Waals surface area contributed by atoms with Crippen LogP contribution in [0.25, 0.3) is 0 Å². The van der Waals surface area contributed by atoms with E-state index in [2.05, 4.69) is 5.92 Å². The minimum atomic E-state index is -2.56. The Bertz CT molecular complexity index is 985. The minimum Gasteiger partial charge on any atom is -0.489 e. The molecule has 1 unspecified atom stereocenters. The van der Waals surface area contributed by atoms with Gasteiger partial charge in [0.05, 0.1) is 11.1 Å². The number of carboxylic acids is 1. The Morgan fingerprint density at radius 1 is 1.24 bits per heavy atom. The van der Waals surface area contributed by atoms with Crippen LogP contribution in [0.3, 0.4) is 0 Å². The van der Waals surface area contributed by atoms with Gasteiger partial charge in [-0.05, 0) is 68.1 Å². The molecule has 1 aromatic rings. The number of halogens is 3. The lowest BCUT2D eigenvalue weighted by Gasteiger charge is -2.56. The van der Waals surface area contributed by atoms with Crippen LogP contribution in [0.4, 0.5) is 14.5 Å². The highest BCUT2D eigenvalue weighted by Crippen LogP contribution is 2.63. The van der Waals surface area contributed by atoms with Gasteiger partial charge in [0.1, 0.15) is 11.3 Å². The fourth-order valence-corrected chi connectivity index (χ4v) is 6.23. The average molecular weight is 480 g/mol. The van der Waals surface area contributed by atoms with Crippen molar-refractivity contribution in [3.8, 4) is 18.1 Å². The molecule has 5 nitrogen and oxygen atoms in total. The standard InChI is InChI=1S/C25H28ClF2NO4/c1-3-21(30)29(23(2,22(31)32)16-7-5-4-6-8-16)17-9-10-20(19(26)11-17)33-18-12-24(13-18)14-25(27,28)15-24/h1,9-11,16,18H,4-8,12-15H2,2H3,(H,31,32). The number of anilines is 1. The summed E-state index contributed by atoms with van der Waals surface area (Å²) in [5.74, 6) is -2.24. The van der Waals surface area contributed by atoms with Crippen molar-refractivity contribution in [2.75, 3.05) is 4.90 Å². The van der Waals surface area contributed by atoms with Crippen molar-refractivity contribution < 1.29 is 28.2 Å². The van der Waals surface area contributed by atoms with Gasteiger partial charge in [0.15, 0.2) is 0 Å². The van der Waals surface area contributed by atoms with E-state index in [1.165, 1.54) is 6.07 Å². The average Bonchev–Trinajstić information content (AvgIpc) is 2.73. The molecule has 0 radical (unpaired) electrons. The first-order valence-corrected chi connectivity index (χ1v) is 11.8. The second-order valence-corrected chi connectivity index (χ2v) is 10.5. The number of rotatable bonds is 6. The Hall–Kier alpha value is -2.33. The molecule has 1 aromatic carbocycles. The van der Waals surface area contributed by atoms with E-state index in [1.807, 2.05) is 0 Å².